The second-order valence-electron chi connectivity index (χ2n) is 5.94. The van der Waals surface area contributed by atoms with Crippen LogP contribution in [0.15, 0.2) is 47.5 Å². The summed E-state index contributed by atoms with van der Waals surface area (Å²) < 4.78 is 0. The molecule has 0 atom stereocenters. The molecule has 138 valence electrons. The average Bonchev–Trinajstić information content (AvgIpc) is 2.93. The first-order chi connectivity index (χ1) is 12.9. The van der Waals surface area contributed by atoms with Gasteiger partial charge in [-0.15, -0.1) is 11.3 Å². The van der Waals surface area contributed by atoms with Crippen LogP contribution in [0.1, 0.15) is 31.9 Å². The Kier molecular flexibility index (Phi) is 5.85. The summed E-state index contributed by atoms with van der Waals surface area (Å²) in [5.41, 5.74) is 8.26. The number of amides is 1. The second-order valence-corrected chi connectivity index (χ2v) is 7.87. The molecule has 0 aliphatic rings. The number of primary amides is 1. The molecule has 0 aliphatic carbocycles. The number of hydrogen-bond donors (Lipinski definition) is 2. The largest absolute Gasteiger partial charge is 0.506 e. The van der Waals surface area contributed by atoms with E-state index < -0.39 is 5.91 Å². The second kappa shape index (κ2) is 8.13. The number of phenolic OH excluding ortho intramolecular Hbond substituents is 1. The Labute approximate surface area is 170 Å². The number of hydrogen-bond acceptors (Lipinski definition) is 4. The third-order valence-corrected chi connectivity index (χ3v) is 5.77. The SMILES string of the molecule is Cc1c(Cc2ccccc2)sc(N=Cc2cc(Cl)cc(Cl)c2O)c1C(N)=O. The van der Waals surface area contributed by atoms with E-state index in [1.807, 2.05) is 37.3 Å². The molecule has 3 N–H and O–H groups in total. The van der Waals surface area contributed by atoms with Crippen molar-refractivity contribution in [3.05, 3.63) is 79.6 Å². The monoisotopic (exact) mass is 418 g/mol. The summed E-state index contributed by atoms with van der Waals surface area (Å²) in [4.78, 5) is 17.3. The fourth-order valence-electron chi connectivity index (χ4n) is 2.69. The first kappa shape index (κ1) is 19.4. The molecule has 2 aromatic carbocycles. The number of nitrogens with two attached hydrogens (primary N) is 1. The normalized spacial score (nSPS) is 11.2. The fourth-order valence-corrected chi connectivity index (χ4v) is 4.39. The maximum absolute atomic E-state index is 12.0. The molecular weight excluding hydrogens is 403 g/mol. The van der Waals surface area contributed by atoms with Crippen LogP contribution in [-0.2, 0) is 6.42 Å². The van der Waals surface area contributed by atoms with E-state index in [1.165, 1.54) is 23.6 Å². The summed E-state index contributed by atoms with van der Waals surface area (Å²) >= 11 is 13.3. The highest BCUT2D eigenvalue weighted by Gasteiger charge is 2.19. The lowest BCUT2D eigenvalue weighted by atomic mass is 10.1. The minimum Gasteiger partial charge on any atom is -0.506 e. The molecule has 1 heterocycles. The van der Waals surface area contributed by atoms with Gasteiger partial charge in [0, 0.05) is 28.1 Å². The van der Waals surface area contributed by atoms with Crippen molar-refractivity contribution in [1.29, 1.82) is 0 Å². The lowest BCUT2D eigenvalue weighted by Gasteiger charge is -2.02. The molecule has 0 saturated heterocycles. The van der Waals surface area contributed by atoms with Gasteiger partial charge in [-0.1, -0.05) is 53.5 Å². The zero-order chi connectivity index (χ0) is 19.6. The van der Waals surface area contributed by atoms with E-state index in [2.05, 4.69) is 4.99 Å². The Bertz CT molecular complexity index is 1030. The molecule has 0 aliphatic heterocycles. The van der Waals surface area contributed by atoms with Crippen molar-refractivity contribution in [3.63, 3.8) is 0 Å². The molecule has 0 spiro atoms. The summed E-state index contributed by atoms with van der Waals surface area (Å²) in [5.74, 6) is -0.660. The lowest BCUT2D eigenvalue weighted by molar-refractivity contribution is 0.100. The van der Waals surface area contributed by atoms with Crippen LogP contribution in [0.25, 0.3) is 0 Å². The van der Waals surface area contributed by atoms with Crippen LogP contribution in [0.3, 0.4) is 0 Å². The van der Waals surface area contributed by atoms with Gasteiger partial charge >= 0.3 is 0 Å². The third kappa shape index (κ3) is 4.33. The molecule has 7 heteroatoms. The van der Waals surface area contributed by atoms with Crippen LogP contribution in [0, 0.1) is 6.92 Å². The topological polar surface area (TPSA) is 75.7 Å². The highest BCUT2D eigenvalue weighted by atomic mass is 35.5. The first-order valence-corrected chi connectivity index (χ1v) is 9.62. The number of phenols is 1. The molecule has 0 fully saturated rings. The number of rotatable bonds is 5. The Morgan fingerprint density at radius 3 is 2.63 bits per heavy atom. The maximum atomic E-state index is 12.0. The maximum Gasteiger partial charge on any atom is 0.252 e. The van der Waals surface area contributed by atoms with Gasteiger partial charge in [-0.25, -0.2) is 4.99 Å². The van der Waals surface area contributed by atoms with Gasteiger partial charge < -0.3 is 10.8 Å². The Hall–Kier alpha value is -2.34. The molecule has 1 amide bonds. The van der Waals surface area contributed by atoms with Crippen molar-refractivity contribution >= 4 is 51.7 Å². The highest BCUT2D eigenvalue weighted by Crippen LogP contribution is 2.37. The summed E-state index contributed by atoms with van der Waals surface area (Å²) in [6, 6.07) is 12.9. The standard InChI is InChI=1S/C20H16Cl2N2O2S/c1-11-16(7-12-5-3-2-4-6-12)27-20(17(11)19(23)26)24-10-13-8-14(21)9-15(22)18(13)25/h2-6,8-10,25H,7H2,1H3,(H2,23,26). The number of nitrogens with zero attached hydrogens (tertiary/aromatic N) is 1. The molecule has 3 aromatic rings. The van der Waals surface area contributed by atoms with Crippen molar-refractivity contribution in [3.8, 4) is 5.75 Å². The predicted molar refractivity (Wildman–Crippen MR) is 112 cm³/mol. The van der Waals surface area contributed by atoms with Gasteiger partial charge in [0.25, 0.3) is 5.91 Å². The summed E-state index contributed by atoms with van der Waals surface area (Å²) in [7, 11) is 0. The zero-order valence-corrected chi connectivity index (χ0v) is 16.7. The van der Waals surface area contributed by atoms with Crippen molar-refractivity contribution in [2.75, 3.05) is 0 Å². The fraction of sp³-hybridized carbons (Fsp3) is 0.100. The highest BCUT2D eigenvalue weighted by molar-refractivity contribution is 7.16. The number of carbonyl (C=O) groups excluding carboxylic acids is 1. The Morgan fingerprint density at radius 1 is 1.26 bits per heavy atom. The summed E-state index contributed by atoms with van der Waals surface area (Å²) in [6.45, 7) is 1.86. The molecule has 4 nitrogen and oxygen atoms in total. The van der Waals surface area contributed by atoms with E-state index in [1.54, 1.807) is 6.07 Å². The number of thiophene rings is 1. The van der Waals surface area contributed by atoms with Gasteiger partial charge in [0.1, 0.15) is 10.8 Å². The first-order valence-electron chi connectivity index (χ1n) is 8.05. The minimum absolute atomic E-state index is 0.122. The third-order valence-electron chi connectivity index (χ3n) is 4.06. The van der Waals surface area contributed by atoms with E-state index in [0.717, 1.165) is 16.0 Å². The van der Waals surface area contributed by atoms with Crippen molar-refractivity contribution < 1.29 is 9.90 Å². The van der Waals surface area contributed by atoms with Crippen LogP contribution >= 0.6 is 34.5 Å². The summed E-state index contributed by atoms with van der Waals surface area (Å²) in [5, 5.41) is 11.1. The smallest absolute Gasteiger partial charge is 0.252 e. The molecule has 0 bridgehead atoms. The van der Waals surface area contributed by atoms with Gasteiger partial charge in [-0.3, -0.25) is 4.79 Å². The Balaban J connectivity index is 2.00. The van der Waals surface area contributed by atoms with Crippen LogP contribution in [0.5, 0.6) is 5.75 Å². The van der Waals surface area contributed by atoms with E-state index in [4.69, 9.17) is 28.9 Å². The number of aromatic hydroxyl groups is 1. The quantitative estimate of drug-likeness (QED) is 0.535. The molecule has 27 heavy (non-hydrogen) atoms. The van der Waals surface area contributed by atoms with Gasteiger partial charge in [0.15, 0.2) is 0 Å². The zero-order valence-electron chi connectivity index (χ0n) is 14.4. The van der Waals surface area contributed by atoms with Crippen LogP contribution in [-0.4, -0.2) is 17.2 Å². The molecule has 0 radical (unpaired) electrons. The molecular formula is C20H16Cl2N2O2S. The van der Waals surface area contributed by atoms with Gasteiger partial charge in [0.2, 0.25) is 0 Å². The molecule has 1 aromatic heterocycles. The van der Waals surface area contributed by atoms with Crippen LogP contribution < -0.4 is 5.73 Å². The van der Waals surface area contributed by atoms with Gasteiger partial charge in [-0.05, 0) is 30.2 Å². The van der Waals surface area contributed by atoms with E-state index in [9.17, 15) is 9.90 Å². The van der Waals surface area contributed by atoms with Gasteiger partial charge in [-0.2, -0.15) is 0 Å². The van der Waals surface area contributed by atoms with Crippen LogP contribution in [0.4, 0.5) is 5.00 Å². The number of halogens is 2. The summed E-state index contributed by atoms with van der Waals surface area (Å²) in [6.07, 6.45) is 2.11. The number of benzene rings is 2. The number of carbonyl (C=O) groups is 1. The van der Waals surface area contributed by atoms with Crippen molar-refractivity contribution in [2.24, 2.45) is 10.7 Å². The minimum atomic E-state index is -0.538. The number of aliphatic imine (C=N–C) groups is 1. The van der Waals surface area contributed by atoms with Crippen molar-refractivity contribution in [2.45, 2.75) is 13.3 Å². The van der Waals surface area contributed by atoms with E-state index >= 15 is 0 Å². The van der Waals surface area contributed by atoms with E-state index in [-0.39, 0.29) is 10.8 Å². The Morgan fingerprint density at radius 2 is 1.96 bits per heavy atom. The molecule has 3 rings (SSSR count). The van der Waals surface area contributed by atoms with Gasteiger partial charge in [0.05, 0.1) is 10.6 Å². The average molecular weight is 419 g/mol. The van der Waals surface area contributed by atoms with Crippen LogP contribution in [0.2, 0.25) is 10.0 Å². The molecule has 0 unspecified atom stereocenters. The lowest BCUT2D eigenvalue weighted by Crippen LogP contribution is -2.11. The predicted octanol–water partition coefficient (Wildman–Crippen LogP) is 5.51. The van der Waals surface area contributed by atoms with E-state index in [0.29, 0.717) is 27.6 Å². The molecule has 0 saturated carbocycles. The van der Waals surface area contributed by atoms with Crippen molar-refractivity contribution in [1.82, 2.24) is 0 Å².